The summed E-state index contributed by atoms with van der Waals surface area (Å²) in [5.74, 6) is 0.0523. The lowest BCUT2D eigenvalue weighted by Gasteiger charge is -2.22. The molecule has 0 aromatic heterocycles. The Morgan fingerprint density at radius 3 is 2.38 bits per heavy atom. The van der Waals surface area contributed by atoms with Gasteiger partial charge in [0.1, 0.15) is 12.4 Å². The minimum absolute atomic E-state index is 0.0190. The van der Waals surface area contributed by atoms with Crippen LogP contribution in [0.1, 0.15) is 26.3 Å². The third-order valence-corrected chi connectivity index (χ3v) is 4.02. The van der Waals surface area contributed by atoms with Gasteiger partial charge in [0.2, 0.25) is 0 Å². The van der Waals surface area contributed by atoms with Gasteiger partial charge in [0.05, 0.1) is 6.54 Å². The lowest BCUT2D eigenvalue weighted by atomic mass is 9.86. The molecule has 1 N–H and O–H groups in total. The molecular formula is C22H29NO3. The monoisotopic (exact) mass is 355 g/mol. The quantitative estimate of drug-likeness (QED) is 0.765. The summed E-state index contributed by atoms with van der Waals surface area (Å²) in [4.78, 5) is 12.5. The highest BCUT2D eigenvalue weighted by Crippen LogP contribution is 2.31. The summed E-state index contributed by atoms with van der Waals surface area (Å²) >= 11 is 0. The number of hydrogen-bond acceptors (Lipinski definition) is 3. The Morgan fingerprint density at radius 1 is 1.08 bits per heavy atom. The Labute approximate surface area is 156 Å². The normalized spacial score (nSPS) is 11.6. The van der Waals surface area contributed by atoms with Crippen LogP contribution in [0, 0.1) is 5.41 Å². The van der Waals surface area contributed by atoms with Gasteiger partial charge in [-0.05, 0) is 47.7 Å². The second-order valence-corrected chi connectivity index (χ2v) is 7.91. The zero-order valence-corrected chi connectivity index (χ0v) is 16.2. The molecule has 4 heteroatoms. The number of hydrogen-bond donors (Lipinski definition) is 1. The Balaban J connectivity index is 2.15. The largest absolute Gasteiger partial charge is 0.492 e. The number of benzene rings is 2. The summed E-state index contributed by atoms with van der Waals surface area (Å²) in [5.41, 5.74) is 3.70. The number of carbonyl (C=O) groups is 1. The predicted octanol–water partition coefficient (Wildman–Crippen LogP) is 4.34. The lowest BCUT2D eigenvalue weighted by molar-refractivity contribution is -0.138. The highest BCUT2D eigenvalue weighted by atomic mass is 16.5. The van der Waals surface area contributed by atoms with Gasteiger partial charge in [0.15, 0.2) is 0 Å². The molecule has 0 atom stereocenters. The molecule has 0 radical (unpaired) electrons. The molecule has 0 saturated carbocycles. The van der Waals surface area contributed by atoms with E-state index in [1.165, 1.54) is 16.7 Å². The van der Waals surface area contributed by atoms with Crippen LogP contribution >= 0.6 is 0 Å². The number of likely N-dealkylation sites (N-methyl/N-ethyl adjacent to an activating group) is 1. The molecule has 26 heavy (non-hydrogen) atoms. The van der Waals surface area contributed by atoms with E-state index in [1.54, 1.807) is 11.9 Å². The van der Waals surface area contributed by atoms with Crippen molar-refractivity contribution in [3.8, 4) is 16.9 Å². The average Bonchev–Trinajstić information content (AvgIpc) is 2.55. The molecule has 0 saturated heterocycles. The molecule has 0 bridgehead atoms. The third-order valence-electron chi connectivity index (χ3n) is 4.02. The van der Waals surface area contributed by atoms with Crippen LogP contribution in [-0.2, 0) is 11.2 Å². The standard InChI is InChI=1S/C22H29NO3/c1-22(2,3)15-19-14-18(17-8-6-5-7-9-17)10-11-20(19)26-13-12-23(4)16-21(24)25/h5-11,14H,12-13,15-16H2,1-4H3,(H,24,25). The Morgan fingerprint density at radius 2 is 1.77 bits per heavy atom. The fourth-order valence-electron chi connectivity index (χ4n) is 2.86. The molecular weight excluding hydrogens is 326 g/mol. The summed E-state index contributed by atoms with van der Waals surface area (Å²) in [6, 6.07) is 16.6. The zero-order valence-electron chi connectivity index (χ0n) is 16.2. The van der Waals surface area contributed by atoms with Crippen molar-refractivity contribution in [2.75, 3.05) is 26.7 Å². The van der Waals surface area contributed by atoms with Crippen molar-refractivity contribution in [2.45, 2.75) is 27.2 Å². The average molecular weight is 355 g/mol. The van der Waals surface area contributed by atoms with Crippen LogP contribution in [0.2, 0.25) is 0 Å². The first kappa shape index (κ1) is 20.0. The Hall–Kier alpha value is -2.33. The highest BCUT2D eigenvalue weighted by molar-refractivity contribution is 5.69. The van der Waals surface area contributed by atoms with Gasteiger partial charge < -0.3 is 9.84 Å². The first-order valence-corrected chi connectivity index (χ1v) is 8.96. The number of nitrogens with zero attached hydrogens (tertiary/aromatic N) is 1. The second-order valence-electron chi connectivity index (χ2n) is 7.91. The van der Waals surface area contributed by atoms with Crippen LogP contribution in [-0.4, -0.2) is 42.7 Å². The molecule has 0 amide bonds. The summed E-state index contributed by atoms with van der Waals surface area (Å²) in [7, 11) is 1.78. The van der Waals surface area contributed by atoms with Crippen LogP contribution in [0.15, 0.2) is 48.5 Å². The van der Waals surface area contributed by atoms with Crippen molar-refractivity contribution in [1.82, 2.24) is 4.90 Å². The van der Waals surface area contributed by atoms with Crippen molar-refractivity contribution in [1.29, 1.82) is 0 Å². The van der Waals surface area contributed by atoms with E-state index in [2.05, 4.69) is 45.0 Å². The van der Waals surface area contributed by atoms with E-state index in [4.69, 9.17) is 9.84 Å². The van der Waals surface area contributed by atoms with Crippen LogP contribution in [0.25, 0.3) is 11.1 Å². The molecule has 0 aliphatic rings. The number of carboxylic acid groups (broad SMARTS) is 1. The SMILES string of the molecule is CN(CCOc1ccc(-c2ccccc2)cc1CC(C)(C)C)CC(=O)O. The van der Waals surface area contributed by atoms with E-state index in [0.717, 1.165) is 12.2 Å². The van der Waals surface area contributed by atoms with Crippen LogP contribution in [0.4, 0.5) is 0 Å². The van der Waals surface area contributed by atoms with Gasteiger partial charge in [0.25, 0.3) is 0 Å². The van der Waals surface area contributed by atoms with Crippen molar-refractivity contribution in [2.24, 2.45) is 5.41 Å². The van der Waals surface area contributed by atoms with Crippen molar-refractivity contribution in [3.05, 3.63) is 54.1 Å². The molecule has 4 nitrogen and oxygen atoms in total. The van der Waals surface area contributed by atoms with Crippen LogP contribution in [0.3, 0.4) is 0 Å². The van der Waals surface area contributed by atoms with Gasteiger partial charge in [-0.2, -0.15) is 0 Å². The predicted molar refractivity (Wildman–Crippen MR) is 106 cm³/mol. The Kier molecular flexibility index (Phi) is 6.81. The zero-order chi connectivity index (χ0) is 19.2. The topological polar surface area (TPSA) is 49.8 Å². The fourth-order valence-corrected chi connectivity index (χ4v) is 2.86. The van der Waals surface area contributed by atoms with Gasteiger partial charge >= 0.3 is 5.97 Å². The first-order valence-electron chi connectivity index (χ1n) is 8.96. The minimum atomic E-state index is -0.826. The van der Waals surface area contributed by atoms with Crippen LogP contribution in [0.5, 0.6) is 5.75 Å². The Bertz CT molecular complexity index is 720. The first-order chi connectivity index (χ1) is 12.2. The van der Waals surface area contributed by atoms with Crippen molar-refractivity contribution >= 4 is 5.97 Å². The molecule has 2 aromatic rings. The third kappa shape index (κ3) is 6.52. The molecule has 0 heterocycles. The van der Waals surface area contributed by atoms with E-state index in [-0.39, 0.29) is 12.0 Å². The maximum Gasteiger partial charge on any atom is 0.317 e. The smallest absolute Gasteiger partial charge is 0.317 e. The summed E-state index contributed by atoms with van der Waals surface area (Å²) in [6.07, 6.45) is 0.911. The molecule has 0 fully saturated rings. The van der Waals surface area contributed by atoms with Gasteiger partial charge in [-0.15, -0.1) is 0 Å². The van der Waals surface area contributed by atoms with Crippen molar-refractivity contribution in [3.63, 3.8) is 0 Å². The number of carboxylic acids is 1. The van der Waals surface area contributed by atoms with Gasteiger partial charge in [0, 0.05) is 6.54 Å². The molecule has 0 aliphatic heterocycles. The van der Waals surface area contributed by atoms with Gasteiger partial charge in [-0.3, -0.25) is 9.69 Å². The van der Waals surface area contributed by atoms with Crippen LogP contribution < -0.4 is 4.74 Å². The van der Waals surface area contributed by atoms with E-state index >= 15 is 0 Å². The van der Waals surface area contributed by atoms with E-state index in [0.29, 0.717) is 13.2 Å². The van der Waals surface area contributed by atoms with E-state index in [9.17, 15) is 4.79 Å². The lowest BCUT2D eigenvalue weighted by Crippen LogP contribution is -2.29. The molecule has 2 aromatic carbocycles. The molecule has 0 spiro atoms. The summed E-state index contributed by atoms with van der Waals surface area (Å²) in [5, 5.41) is 8.83. The summed E-state index contributed by atoms with van der Waals surface area (Å²) in [6.45, 7) is 7.70. The number of ether oxygens (including phenoxy) is 1. The molecule has 0 unspecified atom stereocenters. The molecule has 140 valence electrons. The highest BCUT2D eigenvalue weighted by Gasteiger charge is 2.16. The molecule has 2 rings (SSSR count). The second kappa shape index (κ2) is 8.86. The van der Waals surface area contributed by atoms with Gasteiger partial charge in [-0.1, -0.05) is 57.2 Å². The maximum atomic E-state index is 10.7. The number of aliphatic carboxylic acids is 1. The minimum Gasteiger partial charge on any atom is -0.492 e. The van der Waals surface area contributed by atoms with E-state index < -0.39 is 5.97 Å². The fraction of sp³-hybridized carbons (Fsp3) is 0.409. The molecule has 0 aliphatic carbocycles. The van der Waals surface area contributed by atoms with Crippen molar-refractivity contribution < 1.29 is 14.6 Å². The maximum absolute atomic E-state index is 10.7. The summed E-state index contributed by atoms with van der Waals surface area (Å²) < 4.78 is 5.99. The number of rotatable bonds is 8. The van der Waals surface area contributed by atoms with E-state index in [1.807, 2.05) is 24.3 Å². The van der Waals surface area contributed by atoms with Gasteiger partial charge in [-0.25, -0.2) is 0 Å².